The van der Waals surface area contributed by atoms with Gasteiger partial charge in [0.1, 0.15) is 0 Å². The van der Waals surface area contributed by atoms with Gasteiger partial charge in [-0.2, -0.15) is 0 Å². The maximum Gasteiger partial charge on any atom is 0.241 e. The van der Waals surface area contributed by atoms with Crippen molar-refractivity contribution in [3.8, 4) is 0 Å². The highest BCUT2D eigenvalue weighted by Gasteiger charge is 2.21. The molecule has 2 aromatic rings. The van der Waals surface area contributed by atoms with Gasteiger partial charge in [0.25, 0.3) is 0 Å². The van der Waals surface area contributed by atoms with E-state index in [9.17, 15) is 4.79 Å². The van der Waals surface area contributed by atoms with E-state index in [1.54, 1.807) is 0 Å². The molecule has 118 valence electrons. The summed E-state index contributed by atoms with van der Waals surface area (Å²) in [6.07, 6.45) is 7.01. The second-order valence-corrected chi connectivity index (χ2v) is 5.86. The molecule has 23 heavy (non-hydrogen) atoms. The Bertz CT molecular complexity index is 652. The molecular weight excluding hydrogens is 284 g/mol. The van der Waals surface area contributed by atoms with Crippen molar-refractivity contribution in [3.05, 3.63) is 78.4 Å². The highest BCUT2D eigenvalue weighted by molar-refractivity contribution is 5.80. The minimum atomic E-state index is 0.0713. The monoisotopic (exact) mass is 306 g/mol. The molecule has 0 bridgehead atoms. The molecule has 0 fully saturated rings. The van der Waals surface area contributed by atoms with Crippen molar-refractivity contribution in [1.29, 1.82) is 0 Å². The summed E-state index contributed by atoms with van der Waals surface area (Å²) >= 11 is 0. The van der Waals surface area contributed by atoms with Crippen LogP contribution < -0.4 is 10.4 Å². The van der Waals surface area contributed by atoms with Gasteiger partial charge in [-0.05, 0) is 37.0 Å². The largest absolute Gasteiger partial charge is 0.281 e. The summed E-state index contributed by atoms with van der Waals surface area (Å²) in [6.45, 7) is 0.652. The molecule has 0 saturated heterocycles. The first kappa shape index (κ1) is 15.3. The van der Waals surface area contributed by atoms with Crippen LogP contribution in [0.15, 0.2) is 72.8 Å². The van der Waals surface area contributed by atoms with Gasteiger partial charge in [-0.1, -0.05) is 60.7 Å². The van der Waals surface area contributed by atoms with Crippen molar-refractivity contribution < 1.29 is 4.79 Å². The SMILES string of the molecule is O=C(NN(Cc1ccccc1)c1ccccc1)[C@H]1CC=CCC1. The standard InChI is InChI=1S/C20H22N2O/c23-20(18-12-6-2-7-13-18)21-22(19-14-8-3-9-15-19)16-17-10-4-1-5-11-17/h1-6,8-11,14-15,18H,7,12-13,16H2,(H,21,23)/t18-/m0/s1. The van der Waals surface area contributed by atoms with E-state index < -0.39 is 0 Å². The van der Waals surface area contributed by atoms with Gasteiger partial charge in [-0.15, -0.1) is 0 Å². The highest BCUT2D eigenvalue weighted by atomic mass is 16.2. The average molecular weight is 306 g/mol. The molecule has 3 rings (SSSR count). The van der Waals surface area contributed by atoms with Gasteiger partial charge in [-0.3, -0.25) is 15.2 Å². The second kappa shape index (κ2) is 7.63. The van der Waals surface area contributed by atoms with Crippen LogP contribution >= 0.6 is 0 Å². The van der Waals surface area contributed by atoms with Crippen molar-refractivity contribution in [1.82, 2.24) is 5.43 Å². The van der Waals surface area contributed by atoms with Crippen LogP contribution in [0.1, 0.15) is 24.8 Å². The van der Waals surface area contributed by atoms with E-state index in [4.69, 9.17) is 0 Å². The summed E-state index contributed by atoms with van der Waals surface area (Å²) < 4.78 is 0. The molecule has 2 aromatic carbocycles. The number of carbonyl (C=O) groups is 1. The van der Waals surface area contributed by atoms with Gasteiger partial charge < -0.3 is 0 Å². The Labute approximate surface area is 137 Å². The van der Waals surface area contributed by atoms with Gasteiger partial charge in [0.05, 0.1) is 12.2 Å². The average Bonchev–Trinajstić information content (AvgIpc) is 2.63. The molecule has 0 unspecified atom stereocenters. The maximum atomic E-state index is 12.6. The zero-order valence-corrected chi connectivity index (χ0v) is 13.2. The van der Waals surface area contributed by atoms with Crippen molar-refractivity contribution in [2.75, 3.05) is 5.01 Å². The molecule has 3 nitrogen and oxygen atoms in total. The number of hydrogen-bond acceptors (Lipinski definition) is 2. The van der Waals surface area contributed by atoms with E-state index in [1.807, 2.05) is 53.5 Å². The first-order chi connectivity index (χ1) is 11.3. The quantitative estimate of drug-likeness (QED) is 0.667. The van der Waals surface area contributed by atoms with Crippen LogP contribution in [-0.4, -0.2) is 5.91 Å². The number of allylic oxidation sites excluding steroid dienone is 2. The Morgan fingerprint density at radius 2 is 1.70 bits per heavy atom. The number of carbonyl (C=O) groups excluding carboxylic acids is 1. The van der Waals surface area contributed by atoms with Gasteiger partial charge in [0.15, 0.2) is 0 Å². The zero-order chi connectivity index (χ0) is 15.9. The molecule has 0 aromatic heterocycles. The summed E-state index contributed by atoms with van der Waals surface area (Å²) in [7, 11) is 0. The second-order valence-electron chi connectivity index (χ2n) is 5.86. The molecule has 3 heteroatoms. The van der Waals surface area contributed by atoms with Crippen molar-refractivity contribution >= 4 is 11.6 Å². The van der Waals surface area contributed by atoms with Crippen LogP contribution in [0.3, 0.4) is 0 Å². The first-order valence-electron chi connectivity index (χ1n) is 8.15. The van der Waals surface area contributed by atoms with Crippen LogP contribution in [0, 0.1) is 5.92 Å². The Morgan fingerprint density at radius 1 is 1.00 bits per heavy atom. The number of nitrogens with one attached hydrogen (secondary N) is 1. The van der Waals surface area contributed by atoms with Crippen LogP contribution in [0.25, 0.3) is 0 Å². The summed E-state index contributed by atoms with van der Waals surface area (Å²) in [5, 5.41) is 1.94. The summed E-state index contributed by atoms with van der Waals surface area (Å²) in [5.74, 6) is 0.177. The number of benzene rings is 2. The molecule has 0 saturated carbocycles. The zero-order valence-electron chi connectivity index (χ0n) is 13.2. The van der Waals surface area contributed by atoms with Gasteiger partial charge in [0, 0.05) is 5.92 Å². The number of rotatable bonds is 5. The van der Waals surface area contributed by atoms with E-state index >= 15 is 0 Å². The fraction of sp³-hybridized carbons (Fsp3) is 0.250. The molecule has 0 spiro atoms. The molecule has 1 aliphatic carbocycles. The Balaban J connectivity index is 1.75. The van der Waals surface area contributed by atoms with Crippen molar-refractivity contribution in [2.45, 2.75) is 25.8 Å². The van der Waals surface area contributed by atoms with Crippen LogP contribution in [0.2, 0.25) is 0 Å². The lowest BCUT2D eigenvalue weighted by molar-refractivity contribution is -0.125. The fourth-order valence-electron chi connectivity index (χ4n) is 2.83. The number of para-hydroxylation sites is 1. The third-order valence-corrected chi connectivity index (χ3v) is 4.14. The molecule has 1 amide bonds. The predicted molar refractivity (Wildman–Crippen MR) is 93.7 cm³/mol. The molecule has 0 radical (unpaired) electrons. The normalized spacial score (nSPS) is 16.8. The van der Waals surface area contributed by atoms with Gasteiger partial charge >= 0.3 is 0 Å². The Hall–Kier alpha value is -2.55. The third kappa shape index (κ3) is 4.22. The lowest BCUT2D eigenvalue weighted by Crippen LogP contribution is -2.45. The lowest BCUT2D eigenvalue weighted by atomic mass is 9.94. The van der Waals surface area contributed by atoms with Gasteiger partial charge in [0.2, 0.25) is 5.91 Å². The smallest absolute Gasteiger partial charge is 0.241 e. The predicted octanol–water partition coefficient (Wildman–Crippen LogP) is 4.08. The number of anilines is 1. The highest BCUT2D eigenvalue weighted by Crippen LogP contribution is 2.20. The van der Waals surface area contributed by atoms with E-state index in [2.05, 4.69) is 29.7 Å². The molecular formula is C20H22N2O. The van der Waals surface area contributed by atoms with Gasteiger partial charge in [-0.25, -0.2) is 0 Å². The molecule has 1 N–H and O–H groups in total. The molecule has 1 aliphatic rings. The topological polar surface area (TPSA) is 32.3 Å². The minimum absolute atomic E-state index is 0.0713. The molecule has 0 heterocycles. The lowest BCUT2D eigenvalue weighted by Gasteiger charge is -2.28. The Kier molecular flexibility index (Phi) is 5.09. The molecule has 0 aliphatic heterocycles. The van der Waals surface area contributed by atoms with Crippen molar-refractivity contribution in [3.63, 3.8) is 0 Å². The summed E-state index contributed by atoms with van der Waals surface area (Å²) in [5.41, 5.74) is 5.28. The first-order valence-corrected chi connectivity index (χ1v) is 8.15. The fourth-order valence-corrected chi connectivity index (χ4v) is 2.83. The number of amides is 1. The van der Waals surface area contributed by atoms with E-state index in [1.165, 1.54) is 5.56 Å². The van der Waals surface area contributed by atoms with Crippen LogP contribution in [-0.2, 0) is 11.3 Å². The van der Waals surface area contributed by atoms with E-state index in [-0.39, 0.29) is 11.8 Å². The van der Waals surface area contributed by atoms with Crippen LogP contribution in [0.4, 0.5) is 5.69 Å². The summed E-state index contributed by atoms with van der Waals surface area (Å²) in [4.78, 5) is 12.6. The van der Waals surface area contributed by atoms with E-state index in [0.717, 1.165) is 24.9 Å². The molecule has 1 atom stereocenters. The van der Waals surface area contributed by atoms with E-state index in [0.29, 0.717) is 6.54 Å². The summed E-state index contributed by atoms with van der Waals surface area (Å²) in [6, 6.07) is 20.2. The number of hydrogen-bond donors (Lipinski definition) is 1. The minimum Gasteiger partial charge on any atom is -0.281 e. The third-order valence-electron chi connectivity index (χ3n) is 4.14. The maximum absolute atomic E-state index is 12.6. The Morgan fingerprint density at radius 3 is 2.35 bits per heavy atom. The van der Waals surface area contributed by atoms with Crippen LogP contribution in [0.5, 0.6) is 0 Å². The number of hydrazine groups is 1. The van der Waals surface area contributed by atoms with Crippen molar-refractivity contribution in [2.24, 2.45) is 5.92 Å². The number of nitrogens with zero attached hydrogens (tertiary/aromatic N) is 1.